The van der Waals surface area contributed by atoms with E-state index in [0.29, 0.717) is 18.6 Å². The Morgan fingerprint density at radius 3 is 2.65 bits per heavy atom. The fourth-order valence-corrected chi connectivity index (χ4v) is 1.74. The van der Waals surface area contributed by atoms with Crippen molar-refractivity contribution in [3.63, 3.8) is 0 Å². The van der Waals surface area contributed by atoms with Gasteiger partial charge in [0.25, 0.3) is 0 Å². The van der Waals surface area contributed by atoms with Crippen molar-refractivity contribution < 1.29 is 0 Å². The number of hydrogen-bond acceptors (Lipinski definition) is 3. The fourth-order valence-electron chi connectivity index (χ4n) is 1.74. The van der Waals surface area contributed by atoms with Gasteiger partial charge >= 0.3 is 11.1 Å². The summed E-state index contributed by atoms with van der Waals surface area (Å²) in [5.74, 6) is 0. The van der Waals surface area contributed by atoms with Gasteiger partial charge in [-0.2, -0.15) is 0 Å². The van der Waals surface area contributed by atoms with Crippen LogP contribution in [0.3, 0.4) is 0 Å². The predicted molar refractivity (Wildman–Crippen MR) is 67.4 cm³/mol. The van der Waals surface area contributed by atoms with Crippen molar-refractivity contribution in [1.29, 1.82) is 0 Å². The Morgan fingerprint density at radius 1 is 1.24 bits per heavy atom. The predicted octanol–water partition coefficient (Wildman–Crippen LogP) is 0.251. The standard InChI is InChI=1S/C12H15N3O2/c1-14(2)7-8-15-10-6-4-3-5-9(10)13-11(16)12(15)17/h3-6H,7-8H2,1-2H3,(H,13,16). The Kier molecular flexibility index (Phi) is 3.10. The third-order valence-corrected chi connectivity index (χ3v) is 2.65. The number of nitrogens with one attached hydrogen (secondary N) is 1. The van der Waals surface area contributed by atoms with Crippen LogP contribution in [-0.4, -0.2) is 35.1 Å². The molecule has 5 heteroatoms. The number of hydrogen-bond donors (Lipinski definition) is 1. The lowest BCUT2D eigenvalue weighted by atomic mass is 10.3. The number of rotatable bonds is 3. The van der Waals surface area contributed by atoms with E-state index in [9.17, 15) is 9.59 Å². The van der Waals surface area contributed by atoms with Crippen LogP contribution in [0.4, 0.5) is 0 Å². The average molecular weight is 233 g/mol. The highest BCUT2D eigenvalue weighted by Gasteiger charge is 2.06. The highest BCUT2D eigenvalue weighted by atomic mass is 16.2. The minimum absolute atomic E-state index is 0.495. The van der Waals surface area contributed by atoms with Crippen molar-refractivity contribution in [2.24, 2.45) is 0 Å². The van der Waals surface area contributed by atoms with Gasteiger partial charge in [0.05, 0.1) is 11.0 Å². The summed E-state index contributed by atoms with van der Waals surface area (Å²) in [5, 5.41) is 0. The quantitative estimate of drug-likeness (QED) is 0.773. The third kappa shape index (κ3) is 2.29. The van der Waals surface area contributed by atoms with Crippen molar-refractivity contribution in [2.75, 3.05) is 20.6 Å². The summed E-state index contributed by atoms with van der Waals surface area (Å²) >= 11 is 0. The van der Waals surface area contributed by atoms with Gasteiger partial charge in [-0.1, -0.05) is 12.1 Å². The van der Waals surface area contributed by atoms with E-state index < -0.39 is 11.1 Å². The maximum atomic E-state index is 11.8. The molecule has 0 aliphatic carbocycles. The van der Waals surface area contributed by atoms with E-state index in [1.807, 2.05) is 37.2 Å². The van der Waals surface area contributed by atoms with Crippen LogP contribution in [0.5, 0.6) is 0 Å². The Balaban J connectivity index is 2.62. The Hall–Kier alpha value is -1.88. The van der Waals surface area contributed by atoms with E-state index in [2.05, 4.69) is 4.98 Å². The molecule has 0 unspecified atom stereocenters. The highest BCUT2D eigenvalue weighted by Crippen LogP contribution is 2.06. The van der Waals surface area contributed by atoms with Crippen molar-refractivity contribution in [3.8, 4) is 0 Å². The van der Waals surface area contributed by atoms with Gasteiger partial charge in [-0.3, -0.25) is 9.59 Å². The van der Waals surface area contributed by atoms with Gasteiger partial charge in [0.2, 0.25) is 0 Å². The molecule has 0 aliphatic rings. The van der Waals surface area contributed by atoms with Gasteiger partial charge < -0.3 is 14.5 Å². The van der Waals surface area contributed by atoms with Crippen molar-refractivity contribution in [3.05, 3.63) is 45.0 Å². The zero-order chi connectivity index (χ0) is 12.4. The molecule has 1 heterocycles. The van der Waals surface area contributed by atoms with E-state index in [4.69, 9.17) is 0 Å². The van der Waals surface area contributed by atoms with Crippen LogP contribution in [0.2, 0.25) is 0 Å². The summed E-state index contributed by atoms with van der Waals surface area (Å²) in [4.78, 5) is 27.9. The van der Waals surface area contributed by atoms with Crippen LogP contribution in [0.1, 0.15) is 0 Å². The molecule has 5 nitrogen and oxygen atoms in total. The number of H-pyrrole nitrogens is 1. The monoisotopic (exact) mass is 233 g/mol. The van der Waals surface area contributed by atoms with Crippen molar-refractivity contribution >= 4 is 11.0 Å². The van der Waals surface area contributed by atoms with Gasteiger partial charge in [0, 0.05) is 13.1 Å². The van der Waals surface area contributed by atoms with E-state index in [1.165, 1.54) is 4.57 Å². The molecule has 1 aromatic heterocycles. The first kappa shape index (κ1) is 11.6. The molecule has 0 aliphatic heterocycles. The molecular formula is C12H15N3O2. The van der Waals surface area contributed by atoms with Gasteiger partial charge in [0.1, 0.15) is 0 Å². The number of nitrogens with zero attached hydrogens (tertiary/aromatic N) is 2. The molecule has 0 bridgehead atoms. The van der Waals surface area contributed by atoms with Crippen LogP contribution >= 0.6 is 0 Å². The molecule has 0 amide bonds. The topological polar surface area (TPSA) is 58.1 Å². The second kappa shape index (κ2) is 4.55. The van der Waals surface area contributed by atoms with E-state index in [0.717, 1.165) is 5.52 Å². The number of benzene rings is 1. The molecule has 17 heavy (non-hydrogen) atoms. The lowest BCUT2D eigenvalue weighted by Gasteiger charge is -2.13. The molecular weight excluding hydrogens is 218 g/mol. The summed E-state index contributed by atoms with van der Waals surface area (Å²) in [5.41, 5.74) is 0.391. The van der Waals surface area contributed by atoms with Gasteiger partial charge in [0.15, 0.2) is 0 Å². The minimum Gasteiger partial charge on any atom is -0.316 e. The first-order valence-electron chi connectivity index (χ1n) is 5.46. The normalized spacial score (nSPS) is 11.2. The highest BCUT2D eigenvalue weighted by molar-refractivity contribution is 5.74. The number of aromatic nitrogens is 2. The molecule has 0 saturated heterocycles. The lowest BCUT2D eigenvalue weighted by Crippen LogP contribution is -2.38. The van der Waals surface area contributed by atoms with E-state index >= 15 is 0 Å². The van der Waals surface area contributed by atoms with E-state index in [-0.39, 0.29) is 0 Å². The van der Waals surface area contributed by atoms with Crippen LogP contribution in [-0.2, 0) is 6.54 Å². The molecule has 0 spiro atoms. The lowest BCUT2D eigenvalue weighted by molar-refractivity contribution is 0.383. The maximum absolute atomic E-state index is 11.8. The second-order valence-corrected chi connectivity index (χ2v) is 4.23. The molecule has 1 N–H and O–H groups in total. The van der Waals surface area contributed by atoms with Crippen LogP contribution in [0.15, 0.2) is 33.9 Å². The smallest absolute Gasteiger partial charge is 0.316 e. The third-order valence-electron chi connectivity index (χ3n) is 2.65. The summed E-state index contributed by atoms with van der Waals surface area (Å²) in [6, 6.07) is 7.32. The summed E-state index contributed by atoms with van der Waals surface area (Å²) in [6.45, 7) is 1.23. The number of fused-ring (bicyclic) bond motifs is 1. The Labute approximate surface area is 98.3 Å². The summed E-state index contributed by atoms with van der Waals surface area (Å²) in [7, 11) is 3.86. The molecule has 2 aromatic rings. The van der Waals surface area contributed by atoms with Crippen LogP contribution < -0.4 is 11.1 Å². The van der Waals surface area contributed by atoms with Gasteiger partial charge in [-0.25, -0.2) is 0 Å². The largest absolute Gasteiger partial charge is 0.316 e. The number of aromatic amines is 1. The Morgan fingerprint density at radius 2 is 1.94 bits per heavy atom. The first-order valence-corrected chi connectivity index (χ1v) is 5.46. The molecule has 1 aromatic carbocycles. The Bertz CT molecular complexity index is 640. The summed E-state index contributed by atoms with van der Waals surface area (Å²) < 4.78 is 1.52. The SMILES string of the molecule is CN(C)CCn1c(=O)c(=O)[nH]c2ccccc21. The maximum Gasteiger partial charge on any atom is 0.316 e. The zero-order valence-corrected chi connectivity index (χ0v) is 9.93. The molecule has 0 fully saturated rings. The second-order valence-electron chi connectivity index (χ2n) is 4.23. The summed E-state index contributed by atoms with van der Waals surface area (Å²) in [6.07, 6.45) is 0. The number of para-hydroxylation sites is 2. The number of likely N-dealkylation sites (N-methyl/N-ethyl adjacent to an activating group) is 1. The molecule has 0 radical (unpaired) electrons. The molecule has 0 atom stereocenters. The fraction of sp³-hybridized carbons (Fsp3) is 0.333. The van der Waals surface area contributed by atoms with Crippen molar-refractivity contribution in [2.45, 2.75) is 6.54 Å². The van der Waals surface area contributed by atoms with Crippen molar-refractivity contribution in [1.82, 2.24) is 14.5 Å². The molecule has 2 rings (SSSR count). The first-order chi connectivity index (χ1) is 8.09. The minimum atomic E-state index is -0.567. The van der Waals surface area contributed by atoms with Gasteiger partial charge in [-0.05, 0) is 26.2 Å². The molecule has 90 valence electrons. The molecule has 0 saturated carbocycles. The van der Waals surface area contributed by atoms with Crippen LogP contribution in [0, 0.1) is 0 Å². The average Bonchev–Trinajstić information content (AvgIpc) is 2.29. The van der Waals surface area contributed by atoms with E-state index in [1.54, 1.807) is 6.07 Å². The van der Waals surface area contributed by atoms with Crippen LogP contribution in [0.25, 0.3) is 11.0 Å². The zero-order valence-electron chi connectivity index (χ0n) is 9.93. The van der Waals surface area contributed by atoms with Gasteiger partial charge in [-0.15, -0.1) is 0 Å².